The average Bonchev–Trinajstić information content (AvgIpc) is 2.00. The van der Waals surface area contributed by atoms with E-state index in [2.05, 4.69) is 4.98 Å². The van der Waals surface area contributed by atoms with Crippen molar-refractivity contribution in [3.63, 3.8) is 0 Å². The van der Waals surface area contributed by atoms with Gasteiger partial charge in [-0.3, -0.25) is 4.79 Å². The van der Waals surface area contributed by atoms with Crippen LogP contribution >= 0.6 is 0 Å². The predicted molar refractivity (Wildman–Crippen MR) is 40.6 cm³/mol. The van der Waals surface area contributed by atoms with Crippen LogP contribution in [0.25, 0.3) is 4.98 Å². The molecule has 1 atom stereocenters. The molecule has 6 nitrogen and oxygen atoms in total. The second-order valence-corrected chi connectivity index (χ2v) is 2.22. The lowest BCUT2D eigenvalue weighted by Crippen LogP contribution is -2.29. The molecule has 6 heteroatoms. The third-order valence-electron chi connectivity index (χ3n) is 1.24. The van der Waals surface area contributed by atoms with E-state index in [1.165, 1.54) is 0 Å². The predicted octanol–water partition coefficient (Wildman–Crippen LogP) is 0.431. The van der Waals surface area contributed by atoms with Gasteiger partial charge in [0.25, 0.3) is 0 Å². The Kier molecular flexibility index (Phi) is 4.41. The summed E-state index contributed by atoms with van der Waals surface area (Å²) in [5.41, 5.74) is 5.13. The van der Waals surface area contributed by atoms with Crippen molar-refractivity contribution in [3.05, 3.63) is 16.9 Å². The van der Waals surface area contributed by atoms with Crippen LogP contribution in [-0.4, -0.2) is 22.2 Å². The number of aliphatic hydroxyl groups is 1. The van der Waals surface area contributed by atoms with E-state index in [-0.39, 0.29) is 18.6 Å². The molecule has 0 radical (unpaired) electrons. The van der Waals surface area contributed by atoms with E-state index in [1.54, 1.807) is 0 Å². The second kappa shape index (κ2) is 5.09. The number of carbonyl (C=O) groups is 1. The Bertz CT molecular complexity index is 231. The number of hydrogen-bond donors (Lipinski definition) is 3. The van der Waals surface area contributed by atoms with Gasteiger partial charge >= 0.3 is 12.2 Å². The smallest absolute Gasteiger partial charge is 0.387 e. The van der Waals surface area contributed by atoms with Gasteiger partial charge in [0.2, 0.25) is 5.39 Å². The molecule has 12 heavy (non-hydrogen) atoms. The number of rotatable bonds is 4. The molecule has 0 aliphatic rings. The minimum atomic E-state index is -1.12. The van der Waals surface area contributed by atoms with Crippen molar-refractivity contribution in [2.24, 2.45) is 5.73 Å². The van der Waals surface area contributed by atoms with Gasteiger partial charge in [0.15, 0.2) is 10.7 Å². The van der Waals surface area contributed by atoms with Crippen LogP contribution in [0.3, 0.4) is 0 Å². The van der Waals surface area contributed by atoms with E-state index < -0.39 is 12.0 Å². The fourth-order valence-electron chi connectivity index (χ4n) is 0.558. The van der Waals surface area contributed by atoms with Crippen molar-refractivity contribution < 1.29 is 15.0 Å². The molecule has 0 aromatic rings. The Morgan fingerprint density at radius 3 is 2.67 bits per heavy atom. The highest BCUT2D eigenvalue weighted by molar-refractivity contribution is 5.72. The SMILES string of the molecule is N#[N+]/C=C(\O)CC[C@H](N)C(=O)O. The molecule has 0 aromatic carbocycles. The zero-order valence-electron chi connectivity index (χ0n) is 6.34. The van der Waals surface area contributed by atoms with Gasteiger partial charge in [-0.15, -0.1) is 0 Å². The number of carboxylic acid groups (broad SMARTS) is 1. The van der Waals surface area contributed by atoms with Crippen LogP contribution < -0.4 is 5.73 Å². The quantitative estimate of drug-likeness (QED) is 0.420. The highest BCUT2D eigenvalue weighted by Gasteiger charge is 2.12. The van der Waals surface area contributed by atoms with Crippen molar-refractivity contribution in [1.82, 2.24) is 0 Å². The summed E-state index contributed by atoms with van der Waals surface area (Å²) in [4.78, 5) is 12.7. The Hall–Kier alpha value is -1.61. The number of diazo groups is 1. The first-order valence-corrected chi connectivity index (χ1v) is 3.28. The summed E-state index contributed by atoms with van der Waals surface area (Å²) in [6, 6.07) is -1.00. The fourth-order valence-corrected chi connectivity index (χ4v) is 0.558. The van der Waals surface area contributed by atoms with E-state index in [9.17, 15) is 4.79 Å². The lowest BCUT2D eigenvalue weighted by molar-refractivity contribution is -0.138. The van der Waals surface area contributed by atoms with Crippen LogP contribution in [-0.2, 0) is 4.79 Å². The van der Waals surface area contributed by atoms with E-state index in [4.69, 9.17) is 21.3 Å². The Balaban J connectivity index is 3.78. The molecule has 0 aromatic heterocycles. The van der Waals surface area contributed by atoms with Crippen LogP contribution in [0.15, 0.2) is 12.0 Å². The maximum atomic E-state index is 10.2. The van der Waals surface area contributed by atoms with Crippen LogP contribution in [0.2, 0.25) is 0 Å². The van der Waals surface area contributed by atoms with Crippen molar-refractivity contribution in [1.29, 1.82) is 5.39 Å². The Labute approximate surface area is 68.9 Å². The number of aliphatic carboxylic acids is 1. The lowest BCUT2D eigenvalue weighted by Gasteiger charge is -2.02. The first-order valence-electron chi connectivity index (χ1n) is 3.28. The summed E-state index contributed by atoms with van der Waals surface area (Å²) in [6.45, 7) is 0. The molecule has 0 spiro atoms. The highest BCUT2D eigenvalue weighted by Crippen LogP contribution is 2.03. The molecule has 0 amide bonds. The van der Waals surface area contributed by atoms with E-state index in [1.807, 2.05) is 0 Å². The van der Waals surface area contributed by atoms with Crippen LogP contribution in [0.5, 0.6) is 0 Å². The number of allylic oxidation sites excluding steroid dienone is 1. The Morgan fingerprint density at radius 1 is 1.67 bits per heavy atom. The van der Waals surface area contributed by atoms with Gasteiger partial charge in [-0.2, -0.15) is 0 Å². The van der Waals surface area contributed by atoms with Gasteiger partial charge in [-0.1, -0.05) is 0 Å². The summed E-state index contributed by atoms with van der Waals surface area (Å²) in [6.07, 6.45) is 1.01. The van der Waals surface area contributed by atoms with Crippen molar-refractivity contribution in [2.45, 2.75) is 18.9 Å². The molecule has 0 aliphatic carbocycles. The first-order chi connectivity index (χ1) is 5.57. The molecule has 0 rings (SSSR count). The van der Waals surface area contributed by atoms with E-state index >= 15 is 0 Å². The summed E-state index contributed by atoms with van der Waals surface area (Å²) in [5.74, 6) is -1.32. The second-order valence-electron chi connectivity index (χ2n) is 2.22. The maximum absolute atomic E-state index is 10.2. The van der Waals surface area contributed by atoms with Crippen molar-refractivity contribution in [2.75, 3.05) is 0 Å². The number of hydrogen-bond acceptors (Lipinski definition) is 4. The first kappa shape index (κ1) is 10.4. The van der Waals surface area contributed by atoms with Crippen LogP contribution in [0, 0.1) is 5.39 Å². The molecule has 0 saturated carbocycles. The number of nitrogens with zero attached hydrogens (tertiary/aromatic N) is 2. The van der Waals surface area contributed by atoms with Gasteiger partial charge in [0, 0.05) is 6.42 Å². The highest BCUT2D eigenvalue weighted by atomic mass is 16.4. The van der Waals surface area contributed by atoms with Crippen LogP contribution in [0.4, 0.5) is 0 Å². The zero-order chi connectivity index (χ0) is 9.56. The third-order valence-corrected chi connectivity index (χ3v) is 1.24. The average molecular weight is 172 g/mol. The van der Waals surface area contributed by atoms with Crippen molar-refractivity contribution in [3.8, 4) is 0 Å². The molecule has 0 aliphatic heterocycles. The summed E-state index contributed by atoms with van der Waals surface area (Å²) in [7, 11) is 0. The van der Waals surface area contributed by atoms with Gasteiger partial charge in [-0.05, 0) is 6.42 Å². The van der Waals surface area contributed by atoms with Gasteiger partial charge < -0.3 is 15.9 Å². The molecule has 4 N–H and O–H groups in total. The monoisotopic (exact) mass is 172 g/mol. The number of carboxylic acids is 1. The minimum Gasteiger partial charge on any atom is -0.505 e. The van der Waals surface area contributed by atoms with Crippen molar-refractivity contribution >= 4 is 5.97 Å². The molecular formula is C6H10N3O3+. The standard InChI is InChI=1S/C6H9N3O3/c7-5(6(11)12)2-1-4(10)3-9-8/h3,5H,1-2,7H2,(H-,10,11,12)/p+1/b4-3-/t5-/m0/s1. The van der Waals surface area contributed by atoms with E-state index in [0.717, 1.165) is 6.20 Å². The van der Waals surface area contributed by atoms with E-state index in [0.29, 0.717) is 0 Å². The zero-order valence-corrected chi connectivity index (χ0v) is 6.34. The molecular weight excluding hydrogens is 162 g/mol. The molecule has 0 saturated heterocycles. The number of aliphatic hydroxyl groups excluding tert-OH is 1. The summed E-state index contributed by atoms with van der Waals surface area (Å²) >= 11 is 0. The topological polar surface area (TPSA) is 112 Å². The molecule has 66 valence electrons. The fraction of sp³-hybridized carbons (Fsp3) is 0.500. The normalized spacial score (nSPS) is 13.5. The van der Waals surface area contributed by atoms with Crippen LogP contribution in [0.1, 0.15) is 12.8 Å². The Morgan fingerprint density at radius 2 is 2.25 bits per heavy atom. The molecule has 0 bridgehead atoms. The summed E-state index contributed by atoms with van der Waals surface area (Å²) in [5, 5.41) is 25.1. The largest absolute Gasteiger partial charge is 0.505 e. The minimum absolute atomic E-state index is 0.0809. The maximum Gasteiger partial charge on any atom is 0.387 e. The van der Waals surface area contributed by atoms with Gasteiger partial charge in [0.05, 0.1) is 0 Å². The lowest BCUT2D eigenvalue weighted by atomic mass is 10.1. The molecule has 0 unspecified atom stereocenters. The third kappa shape index (κ3) is 4.24. The molecule has 0 fully saturated rings. The van der Waals surface area contributed by atoms with Gasteiger partial charge in [0.1, 0.15) is 6.04 Å². The summed E-state index contributed by atoms with van der Waals surface area (Å²) < 4.78 is 0. The number of nitrogens with two attached hydrogens (primary N) is 1. The van der Waals surface area contributed by atoms with Gasteiger partial charge in [-0.25, -0.2) is 0 Å². The molecule has 0 heterocycles.